The highest BCUT2D eigenvalue weighted by molar-refractivity contribution is 9.10. The summed E-state index contributed by atoms with van der Waals surface area (Å²) in [5.41, 5.74) is 7.59. The molecule has 0 amide bonds. The van der Waals surface area contributed by atoms with Crippen molar-refractivity contribution in [1.82, 2.24) is 0 Å². The van der Waals surface area contributed by atoms with Crippen molar-refractivity contribution in [3.8, 4) is 5.75 Å². The molecule has 94 valence electrons. The molecule has 0 radical (unpaired) electrons. The molecule has 0 fully saturated rings. The first-order valence-corrected chi connectivity index (χ1v) is 6.74. The van der Waals surface area contributed by atoms with E-state index in [1.165, 1.54) is 5.56 Å². The lowest BCUT2D eigenvalue weighted by atomic mass is 10.1. The maximum atomic E-state index is 6.04. The van der Waals surface area contributed by atoms with Crippen LogP contribution in [0.4, 0.5) is 5.69 Å². The lowest BCUT2D eigenvalue weighted by molar-refractivity contribution is 0.322. The van der Waals surface area contributed by atoms with Crippen LogP contribution in [0.5, 0.6) is 5.75 Å². The highest BCUT2D eigenvalue weighted by Gasteiger charge is 2.02. The molecule has 0 aromatic heterocycles. The SMILES string of the molecule is Nc1ccc(CCOc2cc(Br)ccc2Cl)cc1. The molecule has 0 saturated heterocycles. The van der Waals surface area contributed by atoms with E-state index in [-0.39, 0.29) is 0 Å². The molecule has 2 aromatic rings. The molecular weight excluding hydrogens is 314 g/mol. The molecule has 18 heavy (non-hydrogen) atoms. The van der Waals surface area contributed by atoms with Crippen LogP contribution < -0.4 is 10.5 Å². The summed E-state index contributed by atoms with van der Waals surface area (Å²) in [5, 5.41) is 0.621. The van der Waals surface area contributed by atoms with E-state index in [1.807, 2.05) is 42.5 Å². The van der Waals surface area contributed by atoms with Gasteiger partial charge in [-0.25, -0.2) is 0 Å². The van der Waals surface area contributed by atoms with Crippen molar-refractivity contribution >= 4 is 33.2 Å². The first kappa shape index (κ1) is 13.2. The number of benzene rings is 2. The summed E-state index contributed by atoms with van der Waals surface area (Å²) in [5.74, 6) is 0.696. The Kier molecular flexibility index (Phi) is 4.50. The Morgan fingerprint density at radius 2 is 1.83 bits per heavy atom. The molecule has 0 heterocycles. The van der Waals surface area contributed by atoms with E-state index in [0.717, 1.165) is 16.6 Å². The molecule has 2 nitrogen and oxygen atoms in total. The number of ether oxygens (including phenoxy) is 1. The van der Waals surface area contributed by atoms with Gasteiger partial charge >= 0.3 is 0 Å². The molecule has 0 unspecified atom stereocenters. The normalized spacial score (nSPS) is 10.3. The minimum atomic E-state index is 0.583. The molecular formula is C14H13BrClNO. The molecule has 2 rings (SSSR count). The monoisotopic (exact) mass is 325 g/mol. The number of nitrogen functional groups attached to an aromatic ring is 1. The van der Waals surface area contributed by atoms with Crippen LogP contribution in [0, 0.1) is 0 Å². The van der Waals surface area contributed by atoms with E-state index >= 15 is 0 Å². The summed E-state index contributed by atoms with van der Waals surface area (Å²) in [6.07, 6.45) is 0.823. The summed E-state index contributed by atoms with van der Waals surface area (Å²) in [6.45, 7) is 0.583. The number of halogens is 2. The Hall–Kier alpha value is -1.19. The van der Waals surface area contributed by atoms with Crippen LogP contribution in [-0.4, -0.2) is 6.61 Å². The number of hydrogen-bond acceptors (Lipinski definition) is 2. The molecule has 2 aromatic carbocycles. The molecule has 0 saturated carbocycles. The average molecular weight is 327 g/mol. The smallest absolute Gasteiger partial charge is 0.139 e. The topological polar surface area (TPSA) is 35.2 Å². The Morgan fingerprint density at radius 3 is 2.56 bits per heavy atom. The van der Waals surface area contributed by atoms with Gasteiger partial charge in [-0.1, -0.05) is 39.7 Å². The van der Waals surface area contributed by atoms with E-state index in [1.54, 1.807) is 0 Å². The Morgan fingerprint density at radius 1 is 1.11 bits per heavy atom. The molecule has 0 aliphatic carbocycles. The van der Waals surface area contributed by atoms with Gasteiger partial charge in [0, 0.05) is 16.6 Å². The summed E-state index contributed by atoms with van der Waals surface area (Å²) in [7, 11) is 0. The lowest BCUT2D eigenvalue weighted by Crippen LogP contribution is -2.01. The average Bonchev–Trinajstić information content (AvgIpc) is 2.36. The van der Waals surface area contributed by atoms with Crippen molar-refractivity contribution in [2.75, 3.05) is 12.3 Å². The Bertz CT molecular complexity index is 528. The third-order valence-electron chi connectivity index (χ3n) is 2.52. The number of rotatable bonds is 4. The van der Waals surface area contributed by atoms with Gasteiger partial charge in [0.05, 0.1) is 11.6 Å². The van der Waals surface area contributed by atoms with Gasteiger partial charge in [0.2, 0.25) is 0 Å². The lowest BCUT2D eigenvalue weighted by Gasteiger charge is -2.08. The summed E-state index contributed by atoms with van der Waals surface area (Å²) >= 11 is 9.42. The maximum absolute atomic E-state index is 6.04. The van der Waals surface area contributed by atoms with Crippen LogP contribution >= 0.6 is 27.5 Å². The maximum Gasteiger partial charge on any atom is 0.139 e. The van der Waals surface area contributed by atoms with Crippen molar-refractivity contribution in [3.63, 3.8) is 0 Å². The zero-order chi connectivity index (χ0) is 13.0. The second kappa shape index (κ2) is 6.12. The third-order valence-corrected chi connectivity index (χ3v) is 3.33. The number of nitrogens with two attached hydrogens (primary N) is 1. The quantitative estimate of drug-likeness (QED) is 0.850. The second-order valence-electron chi connectivity index (χ2n) is 3.91. The summed E-state index contributed by atoms with van der Waals surface area (Å²) in [4.78, 5) is 0. The first-order chi connectivity index (χ1) is 8.65. The van der Waals surface area contributed by atoms with Crippen molar-refractivity contribution in [2.24, 2.45) is 0 Å². The highest BCUT2D eigenvalue weighted by atomic mass is 79.9. The minimum absolute atomic E-state index is 0.583. The first-order valence-electron chi connectivity index (χ1n) is 5.57. The van der Waals surface area contributed by atoms with Gasteiger partial charge in [0.15, 0.2) is 0 Å². The predicted octanol–water partition coefficient (Wildman–Crippen LogP) is 4.31. The molecule has 0 aliphatic heterocycles. The van der Waals surface area contributed by atoms with Crippen LogP contribution in [0.25, 0.3) is 0 Å². The molecule has 0 bridgehead atoms. The zero-order valence-corrected chi connectivity index (χ0v) is 12.0. The van der Waals surface area contributed by atoms with Crippen molar-refractivity contribution in [3.05, 3.63) is 57.5 Å². The van der Waals surface area contributed by atoms with Gasteiger partial charge in [-0.05, 0) is 35.9 Å². The number of anilines is 1. The Balaban J connectivity index is 1.92. The van der Waals surface area contributed by atoms with Crippen molar-refractivity contribution < 1.29 is 4.74 Å². The fourth-order valence-corrected chi connectivity index (χ4v) is 2.06. The third kappa shape index (κ3) is 3.65. The summed E-state index contributed by atoms with van der Waals surface area (Å²) in [6, 6.07) is 13.3. The highest BCUT2D eigenvalue weighted by Crippen LogP contribution is 2.27. The largest absolute Gasteiger partial charge is 0.492 e. The van der Waals surface area contributed by atoms with E-state index in [4.69, 9.17) is 22.1 Å². The summed E-state index contributed by atoms with van der Waals surface area (Å²) < 4.78 is 6.61. The van der Waals surface area contributed by atoms with E-state index < -0.39 is 0 Å². The van der Waals surface area contributed by atoms with Crippen LogP contribution in [0.2, 0.25) is 5.02 Å². The van der Waals surface area contributed by atoms with Crippen LogP contribution in [0.1, 0.15) is 5.56 Å². The molecule has 0 aliphatic rings. The molecule has 2 N–H and O–H groups in total. The van der Waals surface area contributed by atoms with Gasteiger partial charge in [-0.15, -0.1) is 0 Å². The number of hydrogen-bond donors (Lipinski definition) is 1. The predicted molar refractivity (Wildman–Crippen MR) is 79.2 cm³/mol. The Labute approximate surface area is 120 Å². The fraction of sp³-hybridized carbons (Fsp3) is 0.143. The van der Waals surface area contributed by atoms with Gasteiger partial charge < -0.3 is 10.5 Å². The van der Waals surface area contributed by atoms with Gasteiger partial charge in [0.1, 0.15) is 5.75 Å². The zero-order valence-electron chi connectivity index (χ0n) is 9.70. The standard InChI is InChI=1S/C14H13BrClNO/c15-11-3-6-13(16)14(9-11)18-8-7-10-1-4-12(17)5-2-10/h1-6,9H,7-8,17H2. The van der Waals surface area contributed by atoms with Crippen LogP contribution in [0.3, 0.4) is 0 Å². The molecule has 4 heteroatoms. The van der Waals surface area contributed by atoms with Crippen LogP contribution in [-0.2, 0) is 6.42 Å². The minimum Gasteiger partial charge on any atom is -0.492 e. The van der Waals surface area contributed by atoms with E-state index in [2.05, 4.69) is 15.9 Å². The van der Waals surface area contributed by atoms with E-state index in [0.29, 0.717) is 17.4 Å². The van der Waals surface area contributed by atoms with E-state index in [9.17, 15) is 0 Å². The van der Waals surface area contributed by atoms with Crippen molar-refractivity contribution in [2.45, 2.75) is 6.42 Å². The van der Waals surface area contributed by atoms with Gasteiger partial charge in [-0.2, -0.15) is 0 Å². The molecule has 0 atom stereocenters. The van der Waals surface area contributed by atoms with Crippen LogP contribution in [0.15, 0.2) is 46.9 Å². The van der Waals surface area contributed by atoms with Gasteiger partial charge in [0.25, 0.3) is 0 Å². The molecule has 0 spiro atoms. The fourth-order valence-electron chi connectivity index (χ4n) is 1.55. The van der Waals surface area contributed by atoms with Crippen molar-refractivity contribution in [1.29, 1.82) is 0 Å². The second-order valence-corrected chi connectivity index (χ2v) is 5.24. The van der Waals surface area contributed by atoms with Gasteiger partial charge in [-0.3, -0.25) is 0 Å².